The zero-order valence-electron chi connectivity index (χ0n) is 31.5. The molecule has 0 radical (unpaired) electrons. The molecule has 2 atom stereocenters. The molecule has 3 nitrogen and oxygen atoms in total. The third-order valence-electron chi connectivity index (χ3n) is 12.6. The van der Waals surface area contributed by atoms with Crippen molar-refractivity contribution < 1.29 is 0 Å². The fourth-order valence-corrected chi connectivity index (χ4v) is 11.3. The highest BCUT2D eigenvalue weighted by Crippen LogP contribution is 2.52. The number of aromatic nitrogens is 2. The van der Waals surface area contributed by atoms with Gasteiger partial charge in [-0.2, -0.15) is 0 Å². The van der Waals surface area contributed by atoms with Crippen molar-refractivity contribution in [1.82, 2.24) is 9.13 Å². The maximum atomic E-state index is 2.62. The Balaban J connectivity index is 1.09. The van der Waals surface area contributed by atoms with E-state index in [1.807, 2.05) is 11.3 Å². The maximum Gasteiger partial charge on any atom is 0.0629 e. The predicted molar refractivity (Wildman–Crippen MR) is 247 cm³/mol. The summed E-state index contributed by atoms with van der Waals surface area (Å²) in [4.78, 5) is 2.62. The standard InChI is InChI=1S/C54H35N3S/c1-7-20-45-38(14-1)39-15-2-8-21-46(39)55(45)36-30-35(31-37(33-36)56-47-22-9-3-16-40(47)41-17-4-10-23-48(41)56)34-28-29-43-42-18-5-11-24-49(42)57(51(43)32-34)50-25-13-27-53-54(50)44-19-6-12-26-52(44)58-53/h1-33,42,49H/t42-,49?/m1/s1. The van der Waals surface area contributed by atoms with Gasteiger partial charge in [0.25, 0.3) is 0 Å². The van der Waals surface area contributed by atoms with E-state index in [1.54, 1.807) is 0 Å². The molecule has 13 rings (SSSR count). The van der Waals surface area contributed by atoms with Crippen molar-refractivity contribution in [2.24, 2.45) is 0 Å². The van der Waals surface area contributed by atoms with Gasteiger partial charge >= 0.3 is 0 Å². The van der Waals surface area contributed by atoms with Crippen LogP contribution in [-0.2, 0) is 0 Å². The number of anilines is 2. The second-order valence-electron chi connectivity index (χ2n) is 15.7. The predicted octanol–water partition coefficient (Wildman–Crippen LogP) is 14.6. The summed E-state index contributed by atoms with van der Waals surface area (Å²) < 4.78 is 7.56. The molecule has 4 heterocycles. The van der Waals surface area contributed by atoms with Crippen LogP contribution in [0.1, 0.15) is 11.5 Å². The van der Waals surface area contributed by atoms with E-state index >= 15 is 0 Å². The van der Waals surface area contributed by atoms with Gasteiger partial charge in [0.05, 0.1) is 33.8 Å². The Bertz CT molecular complexity index is 3320. The van der Waals surface area contributed by atoms with Crippen molar-refractivity contribution in [3.63, 3.8) is 0 Å². The van der Waals surface area contributed by atoms with Crippen LogP contribution in [0.15, 0.2) is 200 Å². The molecule has 58 heavy (non-hydrogen) atoms. The summed E-state index contributed by atoms with van der Waals surface area (Å²) >= 11 is 1.89. The van der Waals surface area contributed by atoms with Gasteiger partial charge in [0.1, 0.15) is 0 Å². The van der Waals surface area contributed by atoms with Crippen LogP contribution < -0.4 is 4.90 Å². The van der Waals surface area contributed by atoms with Crippen molar-refractivity contribution in [1.29, 1.82) is 0 Å². The largest absolute Gasteiger partial charge is 0.333 e. The lowest BCUT2D eigenvalue weighted by Crippen LogP contribution is -2.28. The van der Waals surface area contributed by atoms with E-state index in [0.717, 1.165) is 11.4 Å². The number of benzene rings is 8. The Labute approximate surface area is 339 Å². The number of nitrogens with zero attached hydrogens (tertiary/aromatic N) is 3. The van der Waals surface area contributed by atoms with Crippen LogP contribution in [-0.4, -0.2) is 15.2 Å². The fourth-order valence-electron chi connectivity index (χ4n) is 10.2. The van der Waals surface area contributed by atoms with E-state index in [2.05, 4.69) is 214 Å². The van der Waals surface area contributed by atoms with E-state index < -0.39 is 0 Å². The van der Waals surface area contributed by atoms with Crippen molar-refractivity contribution in [3.05, 3.63) is 206 Å². The van der Waals surface area contributed by atoms with Crippen LogP contribution >= 0.6 is 11.3 Å². The summed E-state index contributed by atoms with van der Waals surface area (Å²) in [7, 11) is 0. The van der Waals surface area contributed by atoms with Crippen molar-refractivity contribution in [2.75, 3.05) is 4.90 Å². The minimum absolute atomic E-state index is 0.191. The molecule has 0 spiro atoms. The van der Waals surface area contributed by atoms with Crippen molar-refractivity contribution >= 4 is 86.5 Å². The smallest absolute Gasteiger partial charge is 0.0629 e. The number of allylic oxidation sites excluding steroid dienone is 2. The summed E-state index contributed by atoms with van der Waals surface area (Å²) in [5.74, 6) is 0.270. The molecule has 0 N–H and O–H groups in total. The molecule has 0 saturated heterocycles. The first-order chi connectivity index (χ1) is 28.8. The topological polar surface area (TPSA) is 13.1 Å². The Hall–Kier alpha value is -7.14. The normalized spacial score (nSPS) is 16.1. The second kappa shape index (κ2) is 12.2. The maximum absolute atomic E-state index is 2.62. The number of para-hydroxylation sites is 4. The van der Waals surface area contributed by atoms with Gasteiger partial charge < -0.3 is 14.0 Å². The third-order valence-corrected chi connectivity index (χ3v) is 13.7. The van der Waals surface area contributed by atoms with E-state index in [1.165, 1.54) is 91.8 Å². The highest BCUT2D eigenvalue weighted by Gasteiger charge is 2.38. The first kappa shape index (κ1) is 32.0. The molecule has 0 saturated carbocycles. The first-order valence-electron chi connectivity index (χ1n) is 20.1. The zero-order chi connectivity index (χ0) is 37.9. The van der Waals surface area contributed by atoms with Crippen LogP contribution in [0.5, 0.6) is 0 Å². The monoisotopic (exact) mass is 757 g/mol. The minimum atomic E-state index is 0.191. The lowest BCUT2D eigenvalue weighted by atomic mass is 9.90. The fraction of sp³-hybridized carbons (Fsp3) is 0.0370. The summed E-state index contributed by atoms with van der Waals surface area (Å²) in [5.41, 5.74) is 13.4. The van der Waals surface area contributed by atoms with Gasteiger partial charge in [-0.1, -0.05) is 133 Å². The number of fused-ring (bicyclic) bond motifs is 12. The van der Waals surface area contributed by atoms with Crippen LogP contribution in [0.3, 0.4) is 0 Å². The Morgan fingerprint density at radius 1 is 0.397 bits per heavy atom. The lowest BCUT2D eigenvalue weighted by Gasteiger charge is -2.29. The molecule has 0 fully saturated rings. The van der Waals surface area contributed by atoms with Crippen molar-refractivity contribution in [3.8, 4) is 22.5 Å². The highest BCUT2D eigenvalue weighted by molar-refractivity contribution is 7.26. The third kappa shape index (κ3) is 4.49. The number of hydrogen-bond donors (Lipinski definition) is 0. The summed E-state index contributed by atoms with van der Waals surface area (Å²) in [6.45, 7) is 0. The Morgan fingerprint density at radius 3 is 1.55 bits per heavy atom. The first-order valence-corrected chi connectivity index (χ1v) is 20.9. The molecule has 1 unspecified atom stereocenters. The average Bonchev–Trinajstić information content (AvgIpc) is 4.02. The SMILES string of the molecule is C1=CC2[C@H](C=C1)c1ccc(-c3cc(-n4c5ccccc5c5ccccc54)cc(-n4c5ccccc5c5ccccc54)c3)cc1N2c1cccc2sc3ccccc3c12. The van der Waals surface area contributed by atoms with Gasteiger partial charge in [0, 0.05) is 64.7 Å². The highest BCUT2D eigenvalue weighted by atomic mass is 32.1. The molecule has 11 aromatic rings. The second-order valence-corrected chi connectivity index (χ2v) is 16.7. The molecule has 8 aromatic carbocycles. The molecule has 0 amide bonds. The minimum Gasteiger partial charge on any atom is -0.333 e. The number of thiophene rings is 1. The molecule has 3 aromatic heterocycles. The molecule has 272 valence electrons. The number of hydrogen-bond acceptors (Lipinski definition) is 2. The van der Waals surface area contributed by atoms with Gasteiger partial charge in [0.2, 0.25) is 0 Å². The van der Waals surface area contributed by atoms with Gasteiger partial charge in [-0.25, -0.2) is 0 Å². The van der Waals surface area contributed by atoms with Gasteiger partial charge in [0.15, 0.2) is 0 Å². The number of rotatable bonds is 4. The molecule has 1 aliphatic carbocycles. The van der Waals surface area contributed by atoms with Crippen LogP contribution in [0, 0.1) is 0 Å². The van der Waals surface area contributed by atoms with Crippen LogP contribution in [0.2, 0.25) is 0 Å². The van der Waals surface area contributed by atoms with E-state index in [0.29, 0.717) is 0 Å². The van der Waals surface area contributed by atoms with Gasteiger partial charge in [-0.05, 0) is 83.4 Å². The van der Waals surface area contributed by atoms with E-state index in [9.17, 15) is 0 Å². The van der Waals surface area contributed by atoms with Crippen molar-refractivity contribution in [2.45, 2.75) is 12.0 Å². The van der Waals surface area contributed by atoms with E-state index in [4.69, 9.17) is 0 Å². The van der Waals surface area contributed by atoms with Crippen LogP contribution in [0.4, 0.5) is 11.4 Å². The molecular formula is C54H35N3S. The van der Waals surface area contributed by atoms with Gasteiger partial charge in [-0.15, -0.1) is 11.3 Å². The molecule has 4 heteroatoms. The summed E-state index contributed by atoms with van der Waals surface area (Å²) in [5, 5.41) is 7.69. The quantitative estimate of drug-likeness (QED) is 0.174. The Morgan fingerprint density at radius 2 is 0.931 bits per heavy atom. The average molecular weight is 758 g/mol. The van der Waals surface area contributed by atoms with Crippen LogP contribution in [0.25, 0.3) is 86.3 Å². The zero-order valence-corrected chi connectivity index (χ0v) is 32.3. The lowest BCUT2D eigenvalue weighted by molar-refractivity contribution is 0.746. The molecule has 2 aliphatic rings. The summed E-state index contributed by atoms with van der Waals surface area (Å²) in [6, 6.07) is 65.6. The van der Waals surface area contributed by atoms with E-state index in [-0.39, 0.29) is 12.0 Å². The molecule has 0 bridgehead atoms. The molecular weight excluding hydrogens is 723 g/mol. The molecule has 1 aliphatic heterocycles. The Kier molecular flexibility index (Phi) is 6.72. The summed E-state index contributed by atoms with van der Waals surface area (Å²) in [6.07, 6.45) is 9.22. The van der Waals surface area contributed by atoms with Gasteiger partial charge in [-0.3, -0.25) is 0 Å².